The lowest BCUT2D eigenvalue weighted by molar-refractivity contribution is -0.132. The van der Waals surface area contributed by atoms with Gasteiger partial charge in [-0.25, -0.2) is 4.79 Å². The summed E-state index contributed by atoms with van der Waals surface area (Å²) in [7, 11) is 1.94. The van der Waals surface area contributed by atoms with E-state index in [1.807, 2.05) is 82.1 Å². The maximum Gasteiger partial charge on any atom is 0.407 e. The van der Waals surface area contributed by atoms with Crippen LogP contribution in [0.5, 0.6) is 0 Å². The van der Waals surface area contributed by atoms with Gasteiger partial charge in [-0.3, -0.25) is 9.59 Å². The number of carbonyl (C=O) groups is 3. The first-order chi connectivity index (χ1) is 18.4. The molecule has 2 aromatic carbocycles. The fourth-order valence-corrected chi connectivity index (χ4v) is 5.96. The summed E-state index contributed by atoms with van der Waals surface area (Å²) in [5.41, 5.74) is 2.75. The number of amides is 3. The molecule has 2 saturated heterocycles. The number of aryl methyl sites for hydroxylation is 1. The monoisotopic (exact) mass is 516 g/mol. The van der Waals surface area contributed by atoms with E-state index in [2.05, 4.69) is 5.32 Å². The van der Waals surface area contributed by atoms with Gasteiger partial charge < -0.3 is 24.4 Å². The summed E-state index contributed by atoms with van der Waals surface area (Å²) in [6.45, 7) is 4.66. The quantitative estimate of drug-likeness (QED) is 0.537. The minimum absolute atomic E-state index is 0.00653. The van der Waals surface area contributed by atoms with Gasteiger partial charge in [-0.2, -0.15) is 0 Å². The summed E-state index contributed by atoms with van der Waals surface area (Å²) in [6, 6.07) is 19.0. The maximum absolute atomic E-state index is 13.6. The fourth-order valence-electron chi connectivity index (χ4n) is 5.96. The van der Waals surface area contributed by atoms with E-state index in [9.17, 15) is 14.4 Å². The number of likely N-dealkylation sites (tertiary alicyclic amines) is 2. The zero-order chi connectivity index (χ0) is 26.7. The number of hydrogen-bond acceptors (Lipinski definition) is 4. The first kappa shape index (κ1) is 25.8. The van der Waals surface area contributed by atoms with Gasteiger partial charge in [0.1, 0.15) is 11.7 Å². The van der Waals surface area contributed by atoms with Crippen molar-refractivity contribution in [2.75, 3.05) is 32.8 Å². The van der Waals surface area contributed by atoms with E-state index in [0.29, 0.717) is 38.3 Å². The van der Waals surface area contributed by atoms with Crippen molar-refractivity contribution in [1.82, 2.24) is 19.7 Å². The topological polar surface area (TPSA) is 83.9 Å². The van der Waals surface area contributed by atoms with Crippen LogP contribution in [0, 0.1) is 5.41 Å². The SMILES string of the molecule is CCOC(=O)N[C@@H](Cc1ccccc1)C(=O)N1CCC2(CCN(C(=O)c3cc4ccccc4n3C)CC2)C1. The number of para-hydroxylation sites is 1. The second-order valence-electron chi connectivity index (χ2n) is 10.6. The Bertz CT molecular complexity index is 1310. The zero-order valence-electron chi connectivity index (χ0n) is 22.2. The lowest BCUT2D eigenvalue weighted by Crippen LogP contribution is -2.50. The molecule has 2 aliphatic rings. The van der Waals surface area contributed by atoms with E-state index in [1.54, 1.807) is 6.92 Å². The van der Waals surface area contributed by atoms with Gasteiger partial charge in [0, 0.05) is 50.6 Å². The number of benzene rings is 2. The number of nitrogens with one attached hydrogen (secondary N) is 1. The van der Waals surface area contributed by atoms with Crippen molar-refractivity contribution in [2.24, 2.45) is 12.5 Å². The minimum atomic E-state index is -0.681. The first-order valence-electron chi connectivity index (χ1n) is 13.5. The summed E-state index contributed by atoms with van der Waals surface area (Å²) in [4.78, 5) is 43.0. The van der Waals surface area contributed by atoms with Gasteiger partial charge in [-0.1, -0.05) is 48.5 Å². The van der Waals surface area contributed by atoms with Crippen LogP contribution in [0.3, 0.4) is 0 Å². The van der Waals surface area contributed by atoms with Crippen LogP contribution in [0.2, 0.25) is 0 Å². The molecule has 0 bridgehead atoms. The van der Waals surface area contributed by atoms with Crippen molar-refractivity contribution < 1.29 is 19.1 Å². The van der Waals surface area contributed by atoms with Gasteiger partial charge >= 0.3 is 6.09 Å². The van der Waals surface area contributed by atoms with Crippen LogP contribution >= 0.6 is 0 Å². The highest BCUT2D eigenvalue weighted by molar-refractivity contribution is 5.98. The van der Waals surface area contributed by atoms with E-state index >= 15 is 0 Å². The van der Waals surface area contributed by atoms with Gasteiger partial charge in [0.15, 0.2) is 0 Å². The van der Waals surface area contributed by atoms with Gasteiger partial charge in [0.05, 0.1) is 6.61 Å². The van der Waals surface area contributed by atoms with Gasteiger partial charge in [0.25, 0.3) is 5.91 Å². The number of hydrogen-bond donors (Lipinski definition) is 1. The van der Waals surface area contributed by atoms with E-state index in [0.717, 1.165) is 35.7 Å². The number of ether oxygens (including phenoxy) is 1. The van der Waals surface area contributed by atoms with E-state index in [-0.39, 0.29) is 23.8 Å². The first-order valence-corrected chi connectivity index (χ1v) is 13.5. The maximum atomic E-state index is 13.6. The number of piperidine rings is 1. The van der Waals surface area contributed by atoms with Crippen molar-refractivity contribution >= 4 is 28.8 Å². The molecule has 1 aromatic heterocycles. The summed E-state index contributed by atoms with van der Waals surface area (Å²) in [5.74, 6) is -0.0150. The van der Waals surface area contributed by atoms with E-state index < -0.39 is 12.1 Å². The van der Waals surface area contributed by atoms with Crippen molar-refractivity contribution in [3.05, 3.63) is 71.9 Å². The summed E-state index contributed by atoms with van der Waals surface area (Å²) >= 11 is 0. The Kier molecular flexibility index (Phi) is 7.40. The van der Waals surface area contributed by atoms with E-state index in [1.165, 1.54) is 0 Å². The fraction of sp³-hybridized carbons (Fsp3) is 0.433. The molecule has 1 N–H and O–H groups in total. The average Bonchev–Trinajstić information content (AvgIpc) is 3.50. The molecule has 8 heteroatoms. The standard InChI is InChI=1S/C30H36N4O4/c1-3-38-29(37)31-24(19-22-9-5-4-6-10-22)27(35)34-18-15-30(21-34)13-16-33(17-14-30)28(36)26-20-23-11-7-8-12-25(23)32(26)2/h4-12,20,24H,3,13-19,21H2,1-2H3,(H,31,37)/t24-/m0/s1. The number of nitrogens with zero attached hydrogens (tertiary/aromatic N) is 3. The van der Waals surface area contributed by atoms with Crippen LogP contribution in [0.15, 0.2) is 60.7 Å². The second kappa shape index (κ2) is 10.9. The molecule has 3 aromatic rings. The molecule has 5 rings (SSSR count). The Morgan fingerprint density at radius 1 is 0.947 bits per heavy atom. The lowest BCUT2D eigenvalue weighted by Gasteiger charge is -2.39. The minimum Gasteiger partial charge on any atom is -0.450 e. The summed E-state index contributed by atoms with van der Waals surface area (Å²) in [6.07, 6.45) is 2.47. The van der Waals surface area contributed by atoms with Crippen LogP contribution in [0.25, 0.3) is 10.9 Å². The number of aromatic nitrogens is 1. The van der Waals surface area contributed by atoms with Crippen molar-refractivity contribution in [2.45, 2.75) is 38.6 Å². The highest BCUT2D eigenvalue weighted by Crippen LogP contribution is 2.41. The Balaban J connectivity index is 1.22. The molecule has 38 heavy (non-hydrogen) atoms. The van der Waals surface area contributed by atoms with Gasteiger partial charge in [-0.05, 0) is 49.3 Å². The van der Waals surface area contributed by atoms with Crippen LogP contribution in [-0.2, 0) is 23.0 Å². The number of rotatable bonds is 6. The molecule has 2 aliphatic heterocycles. The van der Waals surface area contributed by atoms with Crippen molar-refractivity contribution in [3.63, 3.8) is 0 Å². The predicted octanol–water partition coefficient (Wildman–Crippen LogP) is 3.99. The Morgan fingerprint density at radius 2 is 1.61 bits per heavy atom. The van der Waals surface area contributed by atoms with Crippen molar-refractivity contribution in [3.8, 4) is 0 Å². The predicted molar refractivity (Wildman–Crippen MR) is 146 cm³/mol. The highest BCUT2D eigenvalue weighted by atomic mass is 16.5. The molecule has 8 nitrogen and oxygen atoms in total. The molecule has 0 radical (unpaired) electrons. The number of fused-ring (bicyclic) bond motifs is 1. The molecule has 0 aliphatic carbocycles. The molecular formula is C30H36N4O4. The van der Waals surface area contributed by atoms with Crippen LogP contribution in [-0.4, -0.2) is 71.1 Å². The van der Waals surface area contributed by atoms with Crippen LogP contribution in [0.1, 0.15) is 42.2 Å². The average molecular weight is 517 g/mol. The molecule has 1 spiro atoms. The molecule has 200 valence electrons. The molecule has 3 heterocycles. The number of alkyl carbamates (subject to hydrolysis) is 1. The molecule has 3 amide bonds. The second-order valence-corrected chi connectivity index (χ2v) is 10.6. The molecule has 2 fully saturated rings. The Hall–Kier alpha value is -3.81. The van der Waals surface area contributed by atoms with Gasteiger partial charge in [0.2, 0.25) is 5.91 Å². The molecular weight excluding hydrogens is 480 g/mol. The van der Waals surface area contributed by atoms with Crippen LogP contribution < -0.4 is 5.32 Å². The summed E-state index contributed by atoms with van der Waals surface area (Å²) < 4.78 is 7.04. The molecule has 0 saturated carbocycles. The molecule has 1 atom stereocenters. The third-order valence-corrected chi connectivity index (χ3v) is 8.18. The zero-order valence-corrected chi connectivity index (χ0v) is 22.2. The number of carbonyl (C=O) groups excluding carboxylic acids is 3. The van der Waals surface area contributed by atoms with E-state index in [4.69, 9.17) is 4.74 Å². The Labute approximate surface area is 223 Å². The summed E-state index contributed by atoms with van der Waals surface area (Å²) in [5, 5.41) is 3.85. The largest absolute Gasteiger partial charge is 0.450 e. The van der Waals surface area contributed by atoms with Crippen LogP contribution in [0.4, 0.5) is 4.79 Å². The lowest BCUT2D eigenvalue weighted by atomic mass is 9.77. The van der Waals surface area contributed by atoms with Crippen molar-refractivity contribution in [1.29, 1.82) is 0 Å². The highest BCUT2D eigenvalue weighted by Gasteiger charge is 2.44. The molecule has 0 unspecified atom stereocenters. The normalized spacial score (nSPS) is 17.5. The third-order valence-electron chi connectivity index (χ3n) is 8.18. The van der Waals surface area contributed by atoms with Gasteiger partial charge in [-0.15, -0.1) is 0 Å². The smallest absolute Gasteiger partial charge is 0.407 e. The third kappa shape index (κ3) is 5.26. The Morgan fingerprint density at radius 3 is 2.29 bits per heavy atom.